The molecule has 6 heteroatoms. The number of carbonyl (C=O) groups is 1. The lowest BCUT2D eigenvalue weighted by atomic mass is 10.0. The van der Waals surface area contributed by atoms with Gasteiger partial charge in [0, 0.05) is 45.9 Å². The first-order chi connectivity index (χ1) is 15.6. The molecule has 4 aromatic carbocycles. The van der Waals surface area contributed by atoms with Crippen molar-refractivity contribution in [3.05, 3.63) is 96.7 Å². The van der Waals surface area contributed by atoms with Crippen LogP contribution in [0.4, 0.5) is 5.69 Å². The van der Waals surface area contributed by atoms with Gasteiger partial charge in [-0.25, -0.2) is 5.48 Å². The van der Waals surface area contributed by atoms with Crippen molar-refractivity contribution in [2.24, 2.45) is 7.05 Å². The molecule has 0 radical (unpaired) electrons. The van der Waals surface area contributed by atoms with E-state index in [0.29, 0.717) is 5.56 Å². The molecule has 0 bridgehead atoms. The molecule has 1 aromatic heterocycles. The van der Waals surface area contributed by atoms with Gasteiger partial charge >= 0.3 is 0 Å². The Morgan fingerprint density at radius 1 is 0.906 bits per heavy atom. The highest BCUT2D eigenvalue weighted by Gasteiger charge is 2.11. The minimum Gasteiger partial charge on any atom is -0.350 e. The van der Waals surface area contributed by atoms with E-state index in [1.807, 2.05) is 12.1 Å². The molecule has 1 heterocycles. The summed E-state index contributed by atoms with van der Waals surface area (Å²) >= 11 is 1.47. The number of nitrogens with zero attached hydrogens (tertiary/aromatic N) is 1. The van der Waals surface area contributed by atoms with E-state index in [9.17, 15) is 4.79 Å². The van der Waals surface area contributed by atoms with Gasteiger partial charge in [-0.1, -0.05) is 36.4 Å². The van der Waals surface area contributed by atoms with E-state index in [1.54, 1.807) is 17.6 Å². The number of hydroxylamine groups is 1. The number of benzene rings is 4. The largest absolute Gasteiger partial charge is 0.350 e. The van der Waals surface area contributed by atoms with Crippen LogP contribution >= 0.6 is 11.9 Å². The number of anilines is 1. The summed E-state index contributed by atoms with van der Waals surface area (Å²) in [6.45, 7) is 0. The third-order valence-corrected chi connectivity index (χ3v) is 6.40. The second-order valence-corrected chi connectivity index (χ2v) is 8.50. The molecule has 3 N–H and O–H groups in total. The van der Waals surface area contributed by atoms with Crippen molar-refractivity contribution < 1.29 is 10.0 Å². The predicted octanol–water partition coefficient (Wildman–Crippen LogP) is 6.24. The third-order valence-electron chi connectivity index (χ3n) is 5.55. The summed E-state index contributed by atoms with van der Waals surface area (Å²) in [4.78, 5) is 12.4. The van der Waals surface area contributed by atoms with Gasteiger partial charge in [-0.05, 0) is 76.8 Å². The van der Waals surface area contributed by atoms with Crippen LogP contribution in [0.1, 0.15) is 10.4 Å². The van der Waals surface area contributed by atoms with Gasteiger partial charge in [0.1, 0.15) is 0 Å². The normalized spacial score (nSPS) is 11.1. The molecule has 0 saturated carbocycles. The summed E-state index contributed by atoms with van der Waals surface area (Å²) < 4.78 is 5.55. The summed E-state index contributed by atoms with van der Waals surface area (Å²) in [6, 6.07) is 28.4. The van der Waals surface area contributed by atoms with Crippen LogP contribution in [0.5, 0.6) is 0 Å². The number of aromatic nitrogens is 1. The molecule has 5 rings (SSSR count). The molecule has 1 amide bonds. The SMILES string of the molecule is Cn1cc(-c2ccc3ccccc3c2)c2cc(NSc3ccc(C(=O)NO)cc3)ccc21. The standard InChI is InChI=1S/C26H21N3O2S/c1-29-16-24(20-7-6-17-4-2-3-5-19(17)14-20)23-15-21(10-13-25(23)29)28-32-22-11-8-18(9-12-22)26(30)27-31/h2-16,28,31H,1H3,(H,27,30). The van der Waals surface area contributed by atoms with Crippen LogP contribution < -0.4 is 10.2 Å². The highest BCUT2D eigenvalue weighted by Crippen LogP contribution is 2.34. The molecule has 0 unspecified atom stereocenters. The molecule has 0 aliphatic rings. The zero-order valence-electron chi connectivity index (χ0n) is 17.4. The molecule has 158 valence electrons. The van der Waals surface area contributed by atoms with Crippen molar-refractivity contribution >= 4 is 45.2 Å². The molecule has 0 aliphatic carbocycles. The van der Waals surface area contributed by atoms with E-state index < -0.39 is 5.91 Å². The average molecular weight is 440 g/mol. The lowest BCUT2D eigenvalue weighted by Crippen LogP contribution is -2.18. The van der Waals surface area contributed by atoms with Gasteiger partial charge in [-0.3, -0.25) is 10.0 Å². The third kappa shape index (κ3) is 3.82. The highest BCUT2D eigenvalue weighted by molar-refractivity contribution is 8.00. The molecular weight excluding hydrogens is 418 g/mol. The Morgan fingerprint density at radius 2 is 1.69 bits per heavy atom. The van der Waals surface area contributed by atoms with Crippen molar-refractivity contribution in [3.63, 3.8) is 0 Å². The van der Waals surface area contributed by atoms with Crippen LogP contribution in [-0.4, -0.2) is 15.7 Å². The maximum absolute atomic E-state index is 11.5. The van der Waals surface area contributed by atoms with Gasteiger partial charge < -0.3 is 9.29 Å². The van der Waals surface area contributed by atoms with Crippen molar-refractivity contribution in [3.8, 4) is 11.1 Å². The number of rotatable bonds is 5. The van der Waals surface area contributed by atoms with Crippen molar-refractivity contribution in [2.45, 2.75) is 4.90 Å². The van der Waals surface area contributed by atoms with Crippen LogP contribution in [-0.2, 0) is 7.05 Å². The molecule has 0 aliphatic heterocycles. The van der Waals surface area contributed by atoms with Crippen LogP contribution in [0.3, 0.4) is 0 Å². The van der Waals surface area contributed by atoms with Gasteiger partial charge in [-0.15, -0.1) is 0 Å². The Labute approximate surface area is 189 Å². The average Bonchev–Trinajstić information content (AvgIpc) is 3.18. The van der Waals surface area contributed by atoms with E-state index in [-0.39, 0.29) is 0 Å². The highest BCUT2D eigenvalue weighted by atomic mass is 32.2. The fourth-order valence-electron chi connectivity index (χ4n) is 3.90. The minimum absolute atomic E-state index is 0.405. The zero-order chi connectivity index (χ0) is 22.1. The van der Waals surface area contributed by atoms with E-state index >= 15 is 0 Å². The number of fused-ring (bicyclic) bond motifs is 2. The molecule has 5 aromatic rings. The second kappa shape index (κ2) is 8.42. The van der Waals surface area contributed by atoms with E-state index in [1.165, 1.54) is 44.8 Å². The summed E-state index contributed by atoms with van der Waals surface area (Å²) in [5, 5.41) is 12.4. The minimum atomic E-state index is -0.523. The van der Waals surface area contributed by atoms with Gasteiger partial charge in [0.2, 0.25) is 0 Å². The fraction of sp³-hybridized carbons (Fsp3) is 0.0385. The van der Waals surface area contributed by atoms with Crippen LogP contribution in [0.2, 0.25) is 0 Å². The Bertz CT molecular complexity index is 1440. The van der Waals surface area contributed by atoms with Crippen LogP contribution in [0, 0.1) is 0 Å². The summed E-state index contributed by atoms with van der Waals surface area (Å²) in [7, 11) is 2.07. The molecule has 0 saturated heterocycles. The van der Waals surface area contributed by atoms with E-state index in [0.717, 1.165) is 10.6 Å². The number of hydrogen-bond donors (Lipinski definition) is 3. The number of amides is 1. The van der Waals surface area contributed by atoms with Gasteiger partial charge in [-0.2, -0.15) is 0 Å². The quantitative estimate of drug-likeness (QED) is 0.172. The summed E-state index contributed by atoms with van der Waals surface area (Å²) in [6.07, 6.45) is 2.18. The van der Waals surface area contributed by atoms with Crippen molar-refractivity contribution in [1.29, 1.82) is 0 Å². The monoisotopic (exact) mass is 439 g/mol. The Kier molecular flexibility index (Phi) is 5.31. The molecule has 0 atom stereocenters. The molecule has 0 fully saturated rings. The molecule has 0 spiro atoms. The van der Waals surface area contributed by atoms with E-state index in [2.05, 4.69) is 83.2 Å². The van der Waals surface area contributed by atoms with Gasteiger partial charge in [0.25, 0.3) is 5.91 Å². The van der Waals surface area contributed by atoms with Crippen LogP contribution in [0.25, 0.3) is 32.8 Å². The molecule has 32 heavy (non-hydrogen) atoms. The van der Waals surface area contributed by atoms with Crippen molar-refractivity contribution in [1.82, 2.24) is 10.0 Å². The molecular formula is C26H21N3O2S. The lowest BCUT2D eigenvalue weighted by molar-refractivity contribution is 0.0706. The summed E-state index contributed by atoms with van der Waals surface area (Å²) in [5.41, 5.74) is 6.60. The number of carbonyl (C=O) groups excluding carboxylic acids is 1. The summed E-state index contributed by atoms with van der Waals surface area (Å²) in [5.74, 6) is -0.523. The van der Waals surface area contributed by atoms with E-state index in [4.69, 9.17) is 5.21 Å². The topological polar surface area (TPSA) is 66.3 Å². The van der Waals surface area contributed by atoms with Crippen LogP contribution in [0.15, 0.2) is 96.0 Å². The maximum Gasteiger partial charge on any atom is 0.274 e. The first kappa shape index (κ1) is 20.2. The first-order valence-electron chi connectivity index (χ1n) is 10.2. The number of nitrogens with one attached hydrogen (secondary N) is 2. The number of aryl methyl sites for hydroxylation is 1. The Hall–Kier alpha value is -3.74. The second-order valence-electron chi connectivity index (χ2n) is 7.62. The lowest BCUT2D eigenvalue weighted by Gasteiger charge is -2.08. The zero-order valence-corrected chi connectivity index (χ0v) is 18.2. The van der Waals surface area contributed by atoms with Crippen molar-refractivity contribution in [2.75, 3.05) is 4.72 Å². The Morgan fingerprint density at radius 3 is 2.47 bits per heavy atom. The Balaban J connectivity index is 1.43. The predicted molar refractivity (Wildman–Crippen MR) is 131 cm³/mol. The van der Waals surface area contributed by atoms with Gasteiger partial charge in [0.15, 0.2) is 0 Å². The van der Waals surface area contributed by atoms with Gasteiger partial charge in [0.05, 0.1) is 0 Å². The first-order valence-corrected chi connectivity index (χ1v) is 11.0. The maximum atomic E-state index is 11.5. The smallest absolute Gasteiger partial charge is 0.274 e. The fourth-order valence-corrected chi connectivity index (χ4v) is 4.53. The molecule has 5 nitrogen and oxygen atoms in total. The number of hydrogen-bond acceptors (Lipinski definition) is 4.